The molecule has 40 valence electrons. The molecule has 0 rings (SSSR count). The van der Waals surface area contributed by atoms with Crippen molar-refractivity contribution in [1.82, 2.24) is 0 Å². The fraction of sp³-hybridized carbons (Fsp3) is 0.400. The van der Waals surface area contributed by atoms with Gasteiger partial charge in [0, 0.05) is 0 Å². The van der Waals surface area contributed by atoms with Gasteiger partial charge < -0.3 is 4.79 Å². The van der Waals surface area contributed by atoms with Gasteiger partial charge >= 0.3 is 0 Å². The molecule has 1 atom stereocenters. The topological polar surface area (TPSA) is 17.1 Å². The van der Waals surface area contributed by atoms with Crippen molar-refractivity contribution in [3.63, 3.8) is 0 Å². The number of allylic oxidation sites excluding steroid dienone is 1. The standard InChI is InChI=1S/C5H7ClO/c1-2-3-5(6)4-7/h2,4-5H,1,3H2. The maximum Gasteiger partial charge on any atom is 0.138 e. The average Bonchev–Trinajstić information content (AvgIpc) is 1.68. The first-order chi connectivity index (χ1) is 3.31. The van der Waals surface area contributed by atoms with Gasteiger partial charge in [0.2, 0.25) is 0 Å². The summed E-state index contributed by atoms with van der Waals surface area (Å²) in [7, 11) is 0. The first-order valence-corrected chi connectivity index (χ1v) is 2.45. The van der Waals surface area contributed by atoms with E-state index in [0.29, 0.717) is 12.7 Å². The molecule has 0 aromatic rings. The number of hydrogen-bond acceptors (Lipinski definition) is 1. The summed E-state index contributed by atoms with van der Waals surface area (Å²) in [6.45, 7) is 3.41. The molecule has 0 N–H and O–H groups in total. The Hall–Kier alpha value is -0.300. The molecule has 0 bridgehead atoms. The van der Waals surface area contributed by atoms with E-state index >= 15 is 0 Å². The fourth-order valence-corrected chi connectivity index (χ4v) is 0.341. The van der Waals surface area contributed by atoms with Gasteiger partial charge in [0.15, 0.2) is 0 Å². The molecular formula is C5H7ClO. The summed E-state index contributed by atoms with van der Waals surface area (Å²) in [6.07, 6.45) is 2.88. The first-order valence-electron chi connectivity index (χ1n) is 2.01. The van der Waals surface area contributed by atoms with E-state index in [1.165, 1.54) is 0 Å². The molecule has 0 amide bonds. The lowest BCUT2D eigenvalue weighted by Crippen LogP contribution is -1.95. The zero-order chi connectivity index (χ0) is 5.70. The van der Waals surface area contributed by atoms with Crippen LogP contribution in [0.4, 0.5) is 0 Å². The SMILES string of the molecule is C=CCC(Cl)C=O. The van der Waals surface area contributed by atoms with Gasteiger partial charge in [-0.1, -0.05) is 6.08 Å². The molecule has 2 heteroatoms. The molecule has 0 aliphatic carbocycles. The van der Waals surface area contributed by atoms with E-state index in [1.54, 1.807) is 6.08 Å². The lowest BCUT2D eigenvalue weighted by Gasteiger charge is -1.88. The second kappa shape index (κ2) is 3.88. The van der Waals surface area contributed by atoms with Crippen molar-refractivity contribution in [1.29, 1.82) is 0 Å². The zero-order valence-electron chi connectivity index (χ0n) is 3.93. The number of rotatable bonds is 3. The van der Waals surface area contributed by atoms with Gasteiger partial charge in [-0.2, -0.15) is 0 Å². The molecule has 0 saturated carbocycles. The highest BCUT2D eigenvalue weighted by Gasteiger charge is 1.94. The third-order valence-electron chi connectivity index (χ3n) is 0.539. The molecule has 0 saturated heterocycles. The summed E-state index contributed by atoms with van der Waals surface area (Å²) >= 11 is 5.33. The van der Waals surface area contributed by atoms with Crippen molar-refractivity contribution in [3.05, 3.63) is 12.7 Å². The Labute approximate surface area is 48.0 Å². The minimum atomic E-state index is -0.377. The van der Waals surface area contributed by atoms with Crippen molar-refractivity contribution in [3.8, 4) is 0 Å². The van der Waals surface area contributed by atoms with Crippen LogP contribution in [0.3, 0.4) is 0 Å². The van der Waals surface area contributed by atoms with Crippen LogP contribution in [0.2, 0.25) is 0 Å². The molecular weight excluding hydrogens is 112 g/mol. The van der Waals surface area contributed by atoms with Crippen LogP contribution >= 0.6 is 11.6 Å². The van der Waals surface area contributed by atoms with E-state index in [9.17, 15) is 4.79 Å². The smallest absolute Gasteiger partial charge is 0.138 e. The average molecular weight is 119 g/mol. The number of alkyl halides is 1. The van der Waals surface area contributed by atoms with Gasteiger partial charge in [0.05, 0.1) is 5.38 Å². The molecule has 1 unspecified atom stereocenters. The van der Waals surface area contributed by atoms with Crippen LogP contribution in [-0.4, -0.2) is 11.7 Å². The molecule has 0 aliphatic heterocycles. The highest BCUT2D eigenvalue weighted by molar-refractivity contribution is 6.27. The number of carbonyl (C=O) groups excluding carboxylic acids is 1. The maximum atomic E-state index is 9.72. The minimum absolute atomic E-state index is 0.377. The van der Waals surface area contributed by atoms with Crippen LogP contribution in [0, 0.1) is 0 Å². The van der Waals surface area contributed by atoms with E-state index in [4.69, 9.17) is 11.6 Å². The molecule has 0 aromatic carbocycles. The largest absolute Gasteiger partial charge is 0.302 e. The van der Waals surface area contributed by atoms with Crippen molar-refractivity contribution in [2.24, 2.45) is 0 Å². The predicted molar refractivity (Wildman–Crippen MR) is 30.5 cm³/mol. The van der Waals surface area contributed by atoms with E-state index in [-0.39, 0.29) is 5.38 Å². The van der Waals surface area contributed by atoms with Gasteiger partial charge in [-0.25, -0.2) is 0 Å². The fourth-order valence-electron chi connectivity index (χ4n) is 0.215. The highest BCUT2D eigenvalue weighted by Crippen LogP contribution is 1.96. The zero-order valence-corrected chi connectivity index (χ0v) is 4.69. The van der Waals surface area contributed by atoms with Crippen LogP contribution in [-0.2, 0) is 4.79 Å². The van der Waals surface area contributed by atoms with Gasteiger partial charge in [0.1, 0.15) is 6.29 Å². The Kier molecular flexibility index (Phi) is 3.71. The molecule has 0 aromatic heterocycles. The second-order valence-corrected chi connectivity index (χ2v) is 1.74. The lowest BCUT2D eigenvalue weighted by atomic mass is 10.3. The Morgan fingerprint density at radius 1 is 1.86 bits per heavy atom. The molecule has 0 radical (unpaired) electrons. The summed E-state index contributed by atoms with van der Waals surface area (Å²) < 4.78 is 0. The molecule has 0 spiro atoms. The number of hydrogen-bond donors (Lipinski definition) is 0. The Morgan fingerprint density at radius 3 is 2.57 bits per heavy atom. The van der Waals surface area contributed by atoms with Crippen LogP contribution in [0.5, 0.6) is 0 Å². The summed E-state index contributed by atoms with van der Waals surface area (Å²) in [5, 5.41) is -0.377. The van der Waals surface area contributed by atoms with Gasteiger partial charge in [0.25, 0.3) is 0 Å². The quantitative estimate of drug-likeness (QED) is 0.311. The third-order valence-corrected chi connectivity index (χ3v) is 0.821. The van der Waals surface area contributed by atoms with Crippen LogP contribution in [0.15, 0.2) is 12.7 Å². The molecule has 0 fully saturated rings. The lowest BCUT2D eigenvalue weighted by molar-refractivity contribution is -0.107. The molecule has 0 aliphatic rings. The molecule has 1 nitrogen and oxygen atoms in total. The van der Waals surface area contributed by atoms with Crippen LogP contribution < -0.4 is 0 Å². The summed E-state index contributed by atoms with van der Waals surface area (Å²) in [6, 6.07) is 0. The maximum absolute atomic E-state index is 9.72. The van der Waals surface area contributed by atoms with Gasteiger partial charge in [-0.05, 0) is 6.42 Å². The summed E-state index contributed by atoms with van der Waals surface area (Å²) in [5.74, 6) is 0. The normalized spacial score (nSPS) is 12.7. The predicted octanol–water partition coefficient (Wildman–Crippen LogP) is 1.37. The van der Waals surface area contributed by atoms with Crippen molar-refractivity contribution < 1.29 is 4.79 Å². The monoisotopic (exact) mass is 118 g/mol. The Bertz CT molecular complexity index is 70.5. The Balaban J connectivity index is 3.15. The summed E-state index contributed by atoms with van der Waals surface area (Å²) in [4.78, 5) is 9.72. The number of halogens is 1. The van der Waals surface area contributed by atoms with Crippen molar-refractivity contribution in [2.45, 2.75) is 11.8 Å². The molecule has 7 heavy (non-hydrogen) atoms. The van der Waals surface area contributed by atoms with Crippen LogP contribution in [0.25, 0.3) is 0 Å². The van der Waals surface area contributed by atoms with Crippen LogP contribution in [0.1, 0.15) is 6.42 Å². The van der Waals surface area contributed by atoms with E-state index in [1.807, 2.05) is 0 Å². The van der Waals surface area contributed by atoms with Crippen molar-refractivity contribution in [2.75, 3.05) is 0 Å². The van der Waals surface area contributed by atoms with Gasteiger partial charge in [-0.15, -0.1) is 18.2 Å². The van der Waals surface area contributed by atoms with Gasteiger partial charge in [-0.3, -0.25) is 0 Å². The summed E-state index contributed by atoms with van der Waals surface area (Å²) in [5.41, 5.74) is 0. The minimum Gasteiger partial charge on any atom is -0.302 e. The van der Waals surface area contributed by atoms with E-state index in [2.05, 4.69) is 6.58 Å². The van der Waals surface area contributed by atoms with E-state index in [0.717, 1.165) is 0 Å². The first kappa shape index (κ1) is 6.70. The third kappa shape index (κ3) is 3.53. The number of aldehydes is 1. The molecule has 0 heterocycles. The van der Waals surface area contributed by atoms with E-state index < -0.39 is 0 Å². The second-order valence-electron chi connectivity index (χ2n) is 1.18. The number of carbonyl (C=O) groups is 1. The van der Waals surface area contributed by atoms with Crippen molar-refractivity contribution >= 4 is 17.9 Å². The Morgan fingerprint density at radius 2 is 2.43 bits per heavy atom. The highest BCUT2D eigenvalue weighted by atomic mass is 35.5.